The van der Waals surface area contributed by atoms with E-state index in [0.717, 1.165) is 36.2 Å². The van der Waals surface area contributed by atoms with E-state index in [2.05, 4.69) is 5.16 Å². The van der Waals surface area contributed by atoms with Crippen molar-refractivity contribution < 1.29 is 14.1 Å². The number of amides is 1. The van der Waals surface area contributed by atoms with Crippen LogP contribution in [0.25, 0.3) is 11.3 Å². The quantitative estimate of drug-likeness (QED) is 0.689. The zero-order valence-corrected chi connectivity index (χ0v) is 16.4. The highest BCUT2D eigenvalue weighted by Gasteiger charge is 2.34. The van der Waals surface area contributed by atoms with Crippen molar-refractivity contribution in [2.45, 2.75) is 32.2 Å². The lowest BCUT2D eigenvalue weighted by molar-refractivity contribution is 0.0602. The minimum Gasteiger partial charge on any atom is -0.496 e. The van der Waals surface area contributed by atoms with Gasteiger partial charge in [0.05, 0.1) is 35.7 Å². The molecule has 3 heterocycles. The summed E-state index contributed by atoms with van der Waals surface area (Å²) in [5.41, 5.74) is 3.12. The van der Waals surface area contributed by atoms with Crippen LogP contribution >= 0.6 is 0 Å². The smallest absolute Gasteiger partial charge is 0.258 e. The van der Waals surface area contributed by atoms with E-state index in [-0.39, 0.29) is 11.9 Å². The molecule has 1 fully saturated rings. The molecule has 1 amide bonds. The molecule has 3 aromatic rings. The number of para-hydroxylation sites is 1. The van der Waals surface area contributed by atoms with Crippen molar-refractivity contribution in [3.8, 4) is 17.1 Å². The summed E-state index contributed by atoms with van der Waals surface area (Å²) in [7, 11) is 3.47. The molecule has 1 aliphatic rings. The molecule has 0 radical (unpaired) electrons. The number of rotatable bonds is 4. The van der Waals surface area contributed by atoms with Gasteiger partial charge in [-0.25, -0.2) is 0 Å². The van der Waals surface area contributed by atoms with Crippen LogP contribution in [0.3, 0.4) is 0 Å². The molecule has 146 valence electrons. The fourth-order valence-electron chi connectivity index (χ4n) is 3.87. The standard InChI is InChI=1S/C21H24N4O3/c1-14-12-19(28-23-14)16-13-24(2)22-20(16)17-9-6-7-11-25(17)21(26)15-8-4-5-10-18(15)27-3/h4-5,8,10,12-13,17H,6-7,9,11H2,1-3H3/t17-/m0/s1. The predicted octanol–water partition coefficient (Wildman–Crippen LogP) is 3.76. The normalized spacial score (nSPS) is 17.0. The molecule has 1 atom stereocenters. The zero-order chi connectivity index (χ0) is 19.7. The van der Waals surface area contributed by atoms with Crippen LogP contribution in [-0.4, -0.2) is 39.4 Å². The van der Waals surface area contributed by atoms with E-state index in [1.54, 1.807) is 11.8 Å². The van der Waals surface area contributed by atoms with Gasteiger partial charge in [-0.3, -0.25) is 9.48 Å². The van der Waals surface area contributed by atoms with Gasteiger partial charge in [0.1, 0.15) is 5.75 Å². The Bertz CT molecular complexity index is 991. The van der Waals surface area contributed by atoms with Gasteiger partial charge in [-0.1, -0.05) is 17.3 Å². The molecule has 7 nitrogen and oxygen atoms in total. The van der Waals surface area contributed by atoms with E-state index in [1.165, 1.54) is 0 Å². The maximum atomic E-state index is 13.4. The summed E-state index contributed by atoms with van der Waals surface area (Å²) in [4.78, 5) is 15.3. The molecule has 0 unspecified atom stereocenters. The number of nitrogens with zero attached hydrogens (tertiary/aromatic N) is 4. The van der Waals surface area contributed by atoms with Gasteiger partial charge < -0.3 is 14.2 Å². The third kappa shape index (κ3) is 3.28. The van der Waals surface area contributed by atoms with Crippen LogP contribution in [0.2, 0.25) is 0 Å². The van der Waals surface area contributed by atoms with Gasteiger partial charge in [0.15, 0.2) is 5.76 Å². The topological polar surface area (TPSA) is 73.4 Å². The molecule has 0 N–H and O–H groups in total. The number of ether oxygens (including phenoxy) is 1. The highest BCUT2D eigenvalue weighted by Crippen LogP contribution is 2.37. The number of likely N-dealkylation sites (tertiary alicyclic amines) is 1. The number of piperidine rings is 1. The Morgan fingerprint density at radius 3 is 2.86 bits per heavy atom. The highest BCUT2D eigenvalue weighted by atomic mass is 16.5. The number of benzene rings is 1. The number of methoxy groups -OCH3 is 1. The number of carbonyl (C=O) groups excluding carboxylic acids is 1. The fraction of sp³-hybridized carbons (Fsp3) is 0.381. The van der Waals surface area contributed by atoms with Crippen molar-refractivity contribution in [1.29, 1.82) is 0 Å². The SMILES string of the molecule is COc1ccccc1C(=O)N1CCCC[C@H]1c1nn(C)cc1-c1cc(C)no1. The molecular formula is C21H24N4O3. The number of aromatic nitrogens is 3. The van der Waals surface area contributed by atoms with E-state index in [4.69, 9.17) is 14.4 Å². The Labute approximate surface area is 163 Å². The average Bonchev–Trinajstić information content (AvgIpc) is 3.32. The number of aryl methyl sites for hydroxylation is 2. The van der Waals surface area contributed by atoms with E-state index in [0.29, 0.717) is 23.6 Å². The van der Waals surface area contributed by atoms with E-state index >= 15 is 0 Å². The average molecular weight is 380 g/mol. The molecule has 0 bridgehead atoms. The number of hydrogen-bond donors (Lipinski definition) is 0. The van der Waals surface area contributed by atoms with Crippen LogP contribution in [0.4, 0.5) is 0 Å². The van der Waals surface area contributed by atoms with Crippen molar-refractivity contribution in [2.75, 3.05) is 13.7 Å². The van der Waals surface area contributed by atoms with Crippen LogP contribution in [0.15, 0.2) is 41.1 Å². The third-order valence-corrected chi connectivity index (χ3v) is 5.17. The first-order chi connectivity index (χ1) is 13.6. The Hall–Kier alpha value is -3.09. The summed E-state index contributed by atoms with van der Waals surface area (Å²) >= 11 is 0. The summed E-state index contributed by atoms with van der Waals surface area (Å²) in [6.45, 7) is 2.58. The molecule has 1 aromatic carbocycles. The lowest BCUT2D eigenvalue weighted by atomic mass is 9.95. The lowest BCUT2D eigenvalue weighted by Gasteiger charge is -2.35. The van der Waals surface area contributed by atoms with Gasteiger partial charge in [0.2, 0.25) is 0 Å². The van der Waals surface area contributed by atoms with Crippen LogP contribution < -0.4 is 4.74 Å². The van der Waals surface area contributed by atoms with Crippen molar-refractivity contribution in [3.63, 3.8) is 0 Å². The van der Waals surface area contributed by atoms with E-state index in [9.17, 15) is 4.79 Å². The van der Waals surface area contributed by atoms with Crippen molar-refractivity contribution in [3.05, 3.63) is 53.5 Å². The molecule has 0 saturated carbocycles. The Kier molecular flexibility index (Phi) is 4.90. The molecule has 4 rings (SSSR count). The molecule has 7 heteroatoms. The van der Waals surface area contributed by atoms with Gasteiger partial charge in [0.25, 0.3) is 5.91 Å². The first-order valence-corrected chi connectivity index (χ1v) is 9.49. The van der Waals surface area contributed by atoms with Gasteiger partial charge in [-0.2, -0.15) is 5.10 Å². The Balaban J connectivity index is 1.73. The maximum absolute atomic E-state index is 13.4. The maximum Gasteiger partial charge on any atom is 0.258 e. The second kappa shape index (κ2) is 7.50. The first-order valence-electron chi connectivity index (χ1n) is 9.49. The van der Waals surface area contributed by atoms with Crippen LogP contribution in [0, 0.1) is 6.92 Å². The van der Waals surface area contributed by atoms with Gasteiger partial charge in [-0.15, -0.1) is 0 Å². The summed E-state index contributed by atoms with van der Waals surface area (Å²) < 4.78 is 12.7. The third-order valence-electron chi connectivity index (χ3n) is 5.17. The van der Waals surface area contributed by atoms with Gasteiger partial charge in [-0.05, 0) is 38.3 Å². The van der Waals surface area contributed by atoms with E-state index < -0.39 is 0 Å². The molecule has 1 saturated heterocycles. The van der Waals surface area contributed by atoms with E-state index in [1.807, 2.05) is 55.4 Å². The second-order valence-electron chi connectivity index (χ2n) is 7.14. The molecule has 1 aliphatic heterocycles. The zero-order valence-electron chi connectivity index (χ0n) is 16.4. The van der Waals surface area contributed by atoms with Crippen molar-refractivity contribution in [2.24, 2.45) is 7.05 Å². The summed E-state index contributed by atoms with van der Waals surface area (Å²) in [5.74, 6) is 1.23. The largest absolute Gasteiger partial charge is 0.496 e. The number of carbonyl (C=O) groups is 1. The lowest BCUT2D eigenvalue weighted by Crippen LogP contribution is -2.39. The van der Waals surface area contributed by atoms with Crippen LogP contribution in [0.1, 0.15) is 47.1 Å². The minimum atomic E-state index is -0.118. The Morgan fingerprint density at radius 2 is 2.11 bits per heavy atom. The first kappa shape index (κ1) is 18.3. The van der Waals surface area contributed by atoms with Crippen LogP contribution in [-0.2, 0) is 7.05 Å². The van der Waals surface area contributed by atoms with Crippen molar-refractivity contribution >= 4 is 5.91 Å². The second-order valence-corrected chi connectivity index (χ2v) is 7.14. The highest BCUT2D eigenvalue weighted by molar-refractivity contribution is 5.97. The molecule has 2 aromatic heterocycles. The molecular weight excluding hydrogens is 356 g/mol. The summed E-state index contributed by atoms with van der Waals surface area (Å²) in [5, 5.41) is 8.70. The Morgan fingerprint density at radius 1 is 1.29 bits per heavy atom. The summed E-state index contributed by atoms with van der Waals surface area (Å²) in [6, 6.07) is 9.13. The minimum absolute atomic E-state index is 0.0347. The summed E-state index contributed by atoms with van der Waals surface area (Å²) in [6.07, 6.45) is 4.81. The molecule has 28 heavy (non-hydrogen) atoms. The van der Waals surface area contributed by atoms with Crippen molar-refractivity contribution in [1.82, 2.24) is 19.8 Å². The molecule has 0 spiro atoms. The van der Waals surface area contributed by atoms with Gasteiger partial charge >= 0.3 is 0 Å². The number of hydrogen-bond acceptors (Lipinski definition) is 5. The fourth-order valence-corrected chi connectivity index (χ4v) is 3.87. The van der Waals surface area contributed by atoms with Crippen LogP contribution in [0.5, 0.6) is 5.75 Å². The molecule has 0 aliphatic carbocycles. The monoisotopic (exact) mass is 380 g/mol. The predicted molar refractivity (Wildman–Crippen MR) is 104 cm³/mol. The van der Waals surface area contributed by atoms with Gasteiger partial charge in [0, 0.05) is 25.9 Å².